The Morgan fingerprint density at radius 2 is 1.74 bits per heavy atom. The Hall–Kier alpha value is -2.61. The Bertz CT molecular complexity index is 1050. The van der Waals surface area contributed by atoms with Crippen molar-refractivity contribution in [2.45, 2.75) is 30.8 Å². The number of halogens is 1. The Balaban J connectivity index is 1.70. The molecule has 1 amide bonds. The second kappa shape index (κ2) is 13.3. The fraction of sp³-hybridized carbons (Fsp3) is 0.346. The topological polar surface area (TPSA) is 61.4 Å². The van der Waals surface area contributed by atoms with Gasteiger partial charge < -0.3 is 15.1 Å². The summed E-state index contributed by atoms with van der Waals surface area (Å²) in [4.78, 5) is 25.7. The van der Waals surface area contributed by atoms with Gasteiger partial charge in [0.25, 0.3) is 5.91 Å². The fourth-order valence-electron chi connectivity index (χ4n) is 3.25. The summed E-state index contributed by atoms with van der Waals surface area (Å²) in [5.74, 6) is 1.46. The summed E-state index contributed by atoms with van der Waals surface area (Å²) in [7, 11) is 4.13. The maximum absolute atomic E-state index is 12.1. The van der Waals surface area contributed by atoms with Crippen molar-refractivity contribution in [3.63, 3.8) is 0 Å². The molecule has 3 rings (SSSR count). The fourth-order valence-corrected chi connectivity index (χ4v) is 4.29. The number of thioether (sulfide) groups is 1. The SMILES string of the molecule is CCCNC(=O)c1ccc(CSc2nc(Cl)cc(N(CCN(C)C)Cc3ccccc3)n2)cc1. The van der Waals surface area contributed by atoms with Crippen molar-refractivity contribution in [1.82, 2.24) is 20.2 Å². The van der Waals surface area contributed by atoms with E-state index in [9.17, 15) is 4.79 Å². The first-order valence-corrected chi connectivity index (χ1v) is 12.8. The Kier molecular flexibility index (Phi) is 10.2. The van der Waals surface area contributed by atoms with E-state index in [-0.39, 0.29) is 5.91 Å². The smallest absolute Gasteiger partial charge is 0.251 e. The lowest BCUT2D eigenvalue weighted by Gasteiger charge is -2.26. The molecule has 8 heteroatoms. The number of nitrogens with zero attached hydrogens (tertiary/aromatic N) is 4. The van der Waals surface area contributed by atoms with Crippen LogP contribution in [0.2, 0.25) is 5.15 Å². The summed E-state index contributed by atoms with van der Waals surface area (Å²) in [5, 5.41) is 3.96. The maximum Gasteiger partial charge on any atom is 0.251 e. The summed E-state index contributed by atoms with van der Waals surface area (Å²) >= 11 is 7.93. The number of carbonyl (C=O) groups excluding carboxylic acids is 1. The van der Waals surface area contributed by atoms with Crippen molar-refractivity contribution < 1.29 is 4.79 Å². The highest BCUT2D eigenvalue weighted by Crippen LogP contribution is 2.25. The van der Waals surface area contributed by atoms with E-state index in [4.69, 9.17) is 16.6 Å². The summed E-state index contributed by atoms with van der Waals surface area (Å²) in [6, 6.07) is 19.8. The standard InChI is InChI=1S/C26H32ClN5OS/c1-4-14-28-25(33)22-12-10-21(11-13-22)19-34-26-29-23(27)17-24(30-26)32(16-15-31(2)3)18-20-8-6-5-7-9-20/h5-13,17H,4,14-16,18-19H2,1-3H3,(H,28,33). The van der Waals surface area contributed by atoms with Gasteiger partial charge in [-0.1, -0.05) is 72.8 Å². The number of carbonyl (C=O) groups is 1. The van der Waals surface area contributed by atoms with Crippen LogP contribution >= 0.6 is 23.4 Å². The third-order valence-corrected chi connectivity index (χ3v) is 6.25. The summed E-state index contributed by atoms with van der Waals surface area (Å²) in [6.07, 6.45) is 0.917. The molecule has 1 heterocycles. The van der Waals surface area contributed by atoms with Crippen LogP contribution in [-0.4, -0.2) is 54.5 Å². The molecule has 0 aliphatic rings. The van der Waals surface area contributed by atoms with E-state index in [1.807, 2.05) is 55.5 Å². The number of anilines is 1. The average molecular weight is 498 g/mol. The summed E-state index contributed by atoms with van der Waals surface area (Å²) in [6.45, 7) is 5.18. The Morgan fingerprint density at radius 3 is 2.41 bits per heavy atom. The van der Waals surface area contributed by atoms with Gasteiger partial charge in [-0.2, -0.15) is 0 Å². The lowest BCUT2D eigenvalue weighted by molar-refractivity contribution is 0.0953. The maximum atomic E-state index is 12.1. The number of rotatable bonds is 12. The predicted octanol–water partition coefficient (Wildman–Crippen LogP) is 5.13. The normalized spacial score (nSPS) is 11.0. The zero-order valence-electron chi connectivity index (χ0n) is 20.0. The molecule has 1 N–H and O–H groups in total. The van der Waals surface area contributed by atoms with Crippen LogP contribution in [0.1, 0.15) is 34.8 Å². The van der Waals surface area contributed by atoms with E-state index in [1.54, 1.807) is 0 Å². The molecular formula is C26H32ClN5OS. The molecule has 180 valence electrons. The molecule has 6 nitrogen and oxygen atoms in total. The van der Waals surface area contributed by atoms with E-state index < -0.39 is 0 Å². The summed E-state index contributed by atoms with van der Waals surface area (Å²) < 4.78 is 0. The monoisotopic (exact) mass is 497 g/mol. The third kappa shape index (κ3) is 8.31. The van der Waals surface area contributed by atoms with Crippen LogP contribution in [0.15, 0.2) is 65.8 Å². The van der Waals surface area contributed by atoms with Gasteiger partial charge in [-0.3, -0.25) is 4.79 Å². The molecular weight excluding hydrogens is 466 g/mol. The molecule has 1 aromatic heterocycles. The number of hydrogen-bond acceptors (Lipinski definition) is 6. The van der Waals surface area contributed by atoms with E-state index in [0.29, 0.717) is 28.2 Å². The molecule has 0 bridgehead atoms. The molecule has 0 aliphatic heterocycles. The molecule has 0 radical (unpaired) electrons. The zero-order valence-corrected chi connectivity index (χ0v) is 21.6. The van der Waals surface area contributed by atoms with Crippen LogP contribution in [0.3, 0.4) is 0 Å². The van der Waals surface area contributed by atoms with Crippen molar-refractivity contribution in [2.75, 3.05) is 38.6 Å². The lowest BCUT2D eigenvalue weighted by Crippen LogP contribution is -2.32. The highest BCUT2D eigenvalue weighted by molar-refractivity contribution is 7.98. The van der Waals surface area contributed by atoms with E-state index in [1.165, 1.54) is 17.3 Å². The van der Waals surface area contributed by atoms with Gasteiger partial charge in [0.2, 0.25) is 0 Å². The number of hydrogen-bond donors (Lipinski definition) is 1. The minimum Gasteiger partial charge on any atom is -0.352 e. The van der Waals surface area contributed by atoms with Crippen molar-refractivity contribution >= 4 is 35.1 Å². The van der Waals surface area contributed by atoms with E-state index in [2.05, 4.69) is 46.3 Å². The molecule has 34 heavy (non-hydrogen) atoms. The van der Waals surface area contributed by atoms with Gasteiger partial charge in [0.15, 0.2) is 5.16 Å². The van der Waals surface area contributed by atoms with Crippen LogP contribution in [0, 0.1) is 0 Å². The van der Waals surface area contributed by atoms with Crippen molar-refractivity contribution in [2.24, 2.45) is 0 Å². The van der Waals surface area contributed by atoms with Crippen LogP contribution in [-0.2, 0) is 12.3 Å². The van der Waals surface area contributed by atoms with Gasteiger partial charge >= 0.3 is 0 Å². The molecule has 0 spiro atoms. The van der Waals surface area contributed by atoms with Crippen molar-refractivity contribution in [3.8, 4) is 0 Å². The zero-order chi connectivity index (χ0) is 24.3. The average Bonchev–Trinajstić information content (AvgIpc) is 2.84. The number of benzene rings is 2. The van der Waals surface area contributed by atoms with E-state index in [0.717, 1.165) is 37.4 Å². The molecule has 0 unspecified atom stereocenters. The second-order valence-corrected chi connectivity index (χ2v) is 9.61. The first-order valence-electron chi connectivity index (χ1n) is 11.4. The number of amides is 1. The molecule has 0 fully saturated rings. The highest BCUT2D eigenvalue weighted by Gasteiger charge is 2.13. The Labute approximate surface area is 211 Å². The van der Waals surface area contributed by atoms with Crippen molar-refractivity contribution in [3.05, 3.63) is 82.5 Å². The van der Waals surface area contributed by atoms with E-state index >= 15 is 0 Å². The molecule has 2 aromatic carbocycles. The van der Waals surface area contributed by atoms with Gasteiger partial charge in [0, 0.05) is 43.6 Å². The van der Waals surface area contributed by atoms with Gasteiger partial charge in [-0.15, -0.1) is 0 Å². The second-order valence-electron chi connectivity index (χ2n) is 8.28. The lowest BCUT2D eigenvalue weighted by atomic mass is 10.1. The largest absolute Gasteiger partial charge is 0.352 e. The molecule has 0 saturated carbocycles. The van der Waals surface area contributed by atoms with Crippen molar-refractivity contribution in [1.29, 1.82) is 0 Å². The Morgan fingerprint density at radius 1 is 1.00 bits per heavy atom. The minimum atomic E-state index is -0.0416. The van der Waals surface area contributed by atoms with Crippen LogP contribution in [0.5, 0.6) is 0 Å². The molecule has 0 aliphatic carbocycles. The van der Waals surface area contributed by atoms with Crippen LogP contribution in [0.4, 0.5) is 5.82 Å². The van der Waals surface area contributed by atoms with Gasteiger partial charge in [-0.05, 0) is 43.8 Å². The first-order chi connectivity index (χ1) is 16.4. The predicted molar refractivity (Wildman–Crippen MR) is 142 cm³/mol. The highest BCUT2D eigenvalue weighted by atomic mass is 35.5. The first kappa shape index (κ1) is 26.0. The number of nitrogens with one attached hydrogen (secondary N) is 1. The van der Waals surface area contributed by atoms with Crippen LogP contribution in [0.25, 0.3) is 0 Å². The number of likely N-dealkylation sites (N-methyl/N-ethyl adjacent to an activating group) is 1. The number of aromatic nitrogens is 2. The summed E-state index contributed by atoms with van der Waals surface area (Å²) in [5.41, 5.74) is 2.98. The molecule has 0 atom stereocenters. The minimum absolute atomic E-state index is 0.0416. The molecule has 3 aromatic rings. The van der Waals surface area contributed by atoms with Gasteiger partial charge in [-0.25, -0.2) is 9.97 Å². The van der Waals surface area contributed by atoms with Gasteiger partial charge in [0.05, 0.1) is 0 Å². The quantitative estimate of drug-likeness (QED) is 0.212. The molecule has 0 saturated heterocycles. The third-order valence-electron chi connectivity index (χ3n) is 5.14. The van der Waals surface area contributed by atoms with Crippen LogP contribution < -0.4 is 10.2 Å². The van der Waals surface area contributed by atoms with Gasteiger partial charge in [0.1, 0.15) is 11.0 Å².